The summed E-state index contributed by atoms with van der Waals surface area (Å²) in [5.74, 6) is -2.23. The smallest absolute Gasteiger partial charge is 0.133 e. The van der Waals surface area contributed by atoms with Gasteiger partial charge in [-0.25, -0.2) is 0 Å². The molecule has 3 aromatic rings. The molecule has 3 heterocycles. The van der Waals surface area contributed by atoms with Gasteiger partial charge in [0.1, 0.15) is 0 Å². The van der Waals surface area contributed by atoms with E-state index in [0.717, 1.165) is 16.3 Å². The molecule has 1 N–H and O–H groups in total. The van der Waals surface area contributed by atoms with Crippen LogP contribution in [-0.2, 0) is 14.6 Å². The Morgan fingerprint density at radius 2 is 1.86 bits per heavy atom. The molecule has 36 heavy (non-hydrogen) atoms. The first-order chi connectivity index (χ1) is 17.3. The van der Waals surface area contributed by atoms with Crippen molar-refractivity contribution in [2.75, 3.05) is 11.0 Å². The van der Waals surface area contributed by atoms with E-state index < -0.39 is 32.1 Å². The minimum atomic E-state index is -4.06. The van der Waals surface area contributed by atoms with Gasteiger partial charge in [0.25, 0.3) is 0 Å². The zero-order valence-corrected chi connectivity index (χ0v) is 24.1. The Kier molecular flexibility index (Phi) is 6.63. The van der Waals surface area contributed by atoms with E-state index in [4.69, 9.17) is 4.74 Å². The molecular weight excluding hydrogens is 635 g/mol. The molecule has 4 nitrogen and oxygen atoms in total. The average Bonchev–Trinajstić information content (AvgIpc) is 3.65. The van der Waals surface area contributed by atoms with Gasteiger partial charge in [0.05, 0.1) is 4.21 Å². The van der Waals surface area contributed by atoms with E-state index in [1.54, 1.807) is 23.5 Å². The second kappa shape index (κ2) is 9.52. The van der Waals surface area contributed by atoms with E-state index in [9.17, 15) is 12.8 Å². The number of alkyl halides is 2. The second-order valence-corrected chi connectivity index (χ2v) is 17.4. The summed E-state index contributed by atoms with van der Waals surface area (Å²) in [5, 5.41) is 0. The number of hydrogen-bond acceptors (Lipinski definition) is 6. The number of fused-ring (bicyclic) bond motifs is 3. The molecule has 192 valence electrons. The number of nitrogens with one attached hydrogen (secondary N) is 1. The maximum Gasteiger partial charge on any atom is -0.133 e. The molecule has 3 aliphatic rings. The molecule has 0 radical (unpaired) electrons. The molecular formula is C26H25F2INO3S3-. The first kappa shape index (κ1) is 25.1. The third kappa shape index (κ3) is 4.20. The normalized spacial score (nSPS) is 27.4. The number of rotatable bonds is 6. The van der Waals surface area contributed by atoms with E-state index in [1.807, 2.05) is 12.1 Å². The average molecular weight is 661 g/mol. The SMILES string of the molecule is Cc1ccc(SN[C@@H]2CC[C@@]3(S(=O)(=O)c4ccc(C5C[I-]5)cc4)c4c(F)ccc(F)c4OC[C@H]3C2)s1. The van der Waals surface area contributed by atoms with E-state index in [1.165, 1.54) is 26.8 Å². The van der Waals surface area contributed by atoms with Gasteiger partial charge < -0.3 is 0 Å². The van der Waals surface area contributed by atoms with Crippen LogP contribution >= 0.6 is 23.3 Å². The monoisotopic (exact) mass is 660 g/mol. The summed E-state index contributed by atoms with van der Waals surface area (Å²) in [4.78, 5) is 1.39. The molecule has 2 fully saturated rings. The van der Waals surface area contributed by atoms with Crippen LogP contribution in [0.4, 0.5) is 8.78 Å². The van der Waals surface area contributed by atoms with Gasteiger partial charge in [0.15, 0.2) is 0 Å². The van der Waals surface area contributed by atoms with Gasteiger partial charge in [-0.2, -0.15) is 0 Å². The molecule has 0 spiro atoms. The van der Waals surface area contributed by atoms with Crippen molar-refractivity contribution >= 4 is 33.1 Å². The molecule has 1 saturated carbocycles. The zero-order chi connectivity index (χ0) is 25.1. The number of ether oxygens (including phenoxy) is 1. The summed E-state index contributed by atoms with van der Waals surface area (Å²) in [6.07, 6.45) is 1.19. The molecule has 10 heteroatoms. The van der Waals surface area contributed by atoms with Crippen molar-refractivity contribution < 1.29 is 43.1 Å². The van der Waals surface area contributed by atoms with Crippen LogP contribution in [0.2, 0.25) is 0 Å². The van der Waals surface area contributed by atoms with E-state index >= 15 is 4.39 Å². The van der Waals surface area contributed by atoms with Crippen LogP contribution in [0.1, 0.15) is 39.2 Å². The van der Waals surface area contributed by atoms with Gasteiger partial charge in [-0.1, -0.05) is 0 Å². The van der Waals surface area contributed by atoms with Crippen molar-refractivity contribution in [3.05, 3.63) is 76.2 Å². The second-order valence-electron chi connectivity index (χ2n) is 9.54. The van der Waals surface area contributed by atoms with Crippen LogP contribution in [0.5, 0.6) is 5.75 Å². The van der Waals surface area contributed by atoms with E-state index in [-0.39, 0.29) is 56.5 Å². The third-order valence-corrected chi connectivity index (χ3v) is 14.5. The number of benzene rings is 2. The molecule has 1 unspecified atom stereocenters. The van der Waals surface area contributed by atoms with Crippen LogP contribution in [0.15, 0.2) is 57.6 Å². The molecule has 0 bridgehead atoms. The van der Waals surface area contributed by atoms with E-state index in [2.05, 4.69) is 23.8 Å². The van der Waals surface area contributed by atoms with Gasteiger partial charge in [0.2, 0.25) is 0 Å². The van der Waals surface area contributed by atoms with Crippen molar-refractivity contribution in [3.63, 3.8) is 0 Å². The summed E-state index contributed by atoms with van der Waals surface area (Å²) in [7, 11) is -4.06. The predicted octanol–water partition coefficient (Wildman–Crippen LogP) is 3.01. The largest absolute Gasteiger partial charge is 0.133 e. The van der Waals surface area contributed by atoms with Crippen molar-refractivity contribution in [2.45, 2.75) is 50.0 Å². The number of aryl methyl sites for hydroxylation is 1. The van der Waals surface area contributed by atoms with Gasteiger partial charge in [-0.15, -0.1) is 11.3 Å². The van der Waals surface area contributed by atoms with Gasteiger partial charge in [0, 0.05) is 4.88 Å². The van der Waals surface area contributed by atoms with Crippen LogP contribution in [0.3, 0.4) is 0 Å². The Bertz CT molecular complexity index is 1410. The number of sulfone groups is 1. The minimum absolute atomic E-state index is 0.0219. The predicted molar refractivity (Wildman–Crippen MR) is 134 cm³/mol. The van der Waals surface area contributed by atoms with Crippen LogP contribution < -0.4 is 30.7 Å². The molecule has 1 aromatic heterocycles. The van der Waals surface area contributed by atoms with Crippen molar-refractivity contribution in [2.24, 2.45) is 5.92 Å². The summed E-state index contributed by atoms with van der Waals surface area (Å²) >= 11 is 3.43. The maximum atomic E-state index is 15.4. The fraction of sp³-hybridized carbons (Fsp3) is 0.385. The zero-order valence-electron chi connectivity index (χ0n) is 19.5. The summed E-state index contributed by atoms with van der Waals surface area (Å²) < 4.78 is 69.6. The fourth-order valence-electron chi connectivity index (χ4n) is 5.52. The van der Waals surface area contributed by atoms with Crippen molar-refractivity contribution in [3.8, 4) is 5.75 Å². The first-order valence-electron chi connectivity index (χ1n) is 11.8. The summed E-state index contributed by atoms with van der Waals surface area (Å²) in [6.45, 7) is 2.08. The Morgan fingerprint density at radius 1 is 1.11 bits per heavy atom. The van der Waals surface area contributed by atoms with Crippen LogP contribution in [0.25, 0.3) is 0 Å². The van der Waals surface area contributed by atoms with Crippen LogP contribution in [0, 0.1) is 24.5 Å². The molecule has 2 aromatic carbocycles. The summed E-state index contributed by atoms with van der Waals surface area (Å²) in [5.41, 5.74) is 1.03. The topological polar surface area (TPSA) is 55.4 Å². The third-order valence-electron chi connectivity index (χ3n) is 7.39. The van der Waals surface area contributed by atoms with Crippen LogP contribution in [-0.4, -0.2) is 25.5 Å². The van der Waals surface area contributed by atoms with Crippen molar-refractivity contribution in [1.29, 1.82) is 0 Å². The Hall–Kier alpha value is -1.21. The molecule has 4 atom stereocenters. The number of thiophene rings is 1. The Morgan fingerprint density at radius 3 is 2.56 bits per heavy atom. The Balaban J connectivity index is 1.38. The summed E-state index contributed by atoms with van der Waals surface area (Å²) in [6, 6.07) is 13.3. The number of hydrogen-bond donors (Lipinski definition) is 1. The van der Waals surface area contributed by atoms with Gasteiger partial charge in [-0.3, -0.25) is 0 Å². The molecule has 1 saturated heterocycles. The maximum absolute atomic E-state index is 15.4. The van der Waals surface area contributed by atoms with E-state index in [0.29, 0.717) is 16.8 Å². The fourth-order valence-corrected chi connectivity index (χ4v) is 11.5. The van der Waals surface area contributed by atoms with Gasteiger partial charge >= 0.3 is 190 Å². The molecule has 2 aliphatic heterocycles. The van der Waals surface area contributed by atoms with Gasteiger partial charge in [-0.05, 0) is 19.1 Å². The van der Waals surface area contributed by atoms with Crippen molar-refractivity contribution in [1.82, 2.24) is 4.72 Å². The number of halogens is 3. The standard InChI is InChI=1S/C26H25F2INO3S3/c1-15-2-9-23(34-15)35-30-18-10-11-26(36(31,32)19-5-3-16(4-6-19)22-13-29-22)17(12-18)14-33-25-21(28)8-7-20(27)24(25)26/h2-9,17-18,22,30H,10-14H2,1H3/q-1/t17-,18-,22?,26+/m1/s1. The first-order valence-corrected chi connectivity index (χ1v) is 17.7. The molecule has 1 aliphatic carbocycles. The molecule has 0 amide bonds. The minimum Gasteiger partial charge on any atom is -0.133 e. The molecule has 6 rings (SSSR count). The quantitative estimate of drug-likeness (QED) is 0.251. The Labute approximate surface area is 228 Å².